The zero-order valence-corrected chi connectivity index (χ0v) is 8.84. The third-order valence-electron chi connectivity index (χ3n) is 2.55. The van der Waals surface area contributed by atoms with Gasteiger partial charge >= 0.3 is 0 Å². The summed E-state index contributed by atoms with van der Waals surface area (Å²) in [5.74, 6) is 1.30. The van der Waals surface area contributed by atoms with Gasteiger partial charge in [-0.25, -0.2) is 4.98 Å². The van der Waals surface area contributed by atoms with Crippen LogP contribution in [0.15, 0.2) is 10.9 Å². The molecule has 0 bridgehead atoms. The first kappa shape index (κ1) is 10.2. The lowest BCUT2D eigenvalue weighted by atomic mass is 10.2. The Morgan fingerprint density at radius 2 is 2.53 bits per heavy atom. The quantitative estimate of drug-likeness (QED) is 0.665. The van der Waals surface area contributed by atoms with Crippen LogP contribution in [0.2, 0.25) is 0 Å². The molecule has 1 saturated heterocycles. The third kappa shape index (κ3) is 2.79. The summed E-state index contributed by atoms with van der Waals surface area (Å²) >= 11 is 0. The van der Waals surface area contributed by atoms with Gasteiger partial charge in [0.05, 0.1) is 0 Å². The summed E-state index contributed by atoms with van der Waals surface area (Å²) in [7, 11) is 0. The summed E-state index contributed by atoms with van der Waals surface area (Å²) in [5.41, 5.74) is -0.107. The molecule has 1 aliphatic rings. The summed E-state index contributed by atoms with van der Waals surface area (Å²) < 4.78 is 0. The molecule has 5 nitrogen and oxygen atoms in total. The molecule has 1 unspecified atom stereocenters. The van der Waals surface area contributed by atoms with Crippen molar-refractivity contribution >= 4 is 5.82 Å². The molecular formula is C10H16N4O. The lowest BCUT2D eigenvalue weighted by Crippen LogP contribution is -2.30. The van der Waals surface area contributed by atoms with E-state index in [2.05, 4.69) is 20.6 Å². The fourth-order valence-electron chi connectivity index (χ4n) is 1.83. The summed E-state index contributed by atoms with van der Waals surface area (Å²) in [6.45, 7) is 3.70. The van der Waals surface area contributed by atoms with Crippen molar-refractivity contribution in [3.05, 3.63) is 22.2 Å². The lowest BCUT2D eigenvalue weighted by molar-refractivity contribution is 0.632. The smallest absolute Gasteiger partial charge is 0.252 e. The van der Waals surface area contributed by atoms with Crippen LogP contribution in [-0.4, -0.2) is 29.1 Å². The summed E-state index contributed by atoms with van der Waals surface area (Å²) in [5, 5.41) is 6.55. The van der Waals surface area contributed by atoms with Crippen molar-refractivity contribution in [3.8, 4) is 0 Å². The van der Waals surface area contributed by atoms with Crippen molar-refractivity contribution in [2.75, 3.05) is 18.4 Å². The summed E-state index contributed by atoms with van der Waals surface area (Å²) in [6.07, 6.45) is 2.42. The number of rotatable bonds is 3. The van der Waals surface area contributed by atoms with Crippen molar-refractivity contribution in [2.24, 2.45) is 0 Å². The van der Waals surface area contributed by atoms with Crippen molar-refractivity contribution in [1.82, 2.24) is 15.3 Å². The molecule has 1 atom stereocenters. The first-order chi connectivity index (χ1) is 7.24. The van der Waals surface area contributed by atoms with Crippen LogP contribution < -0.4 is 16.2 Å². The number of hydrogen-bond donors (Lipinski definition) is 3. The zero-order chi connectivity index (χ0) is 10.7. The lowest BCUT2D eigenvalue weighted by Gasteiger charge is -2.11. The van der Waals surface area contributed by atoms with Gasteiger partial charge in [0.15, 0.2) is 0 Å². The van der Waals surface area contributed by atoms with Gasteiger partial charge in [0.2, 0.25) is 0 Å². The monoisotopic (exact) mass is 208 g/mol. The van der Waals surface area contributed by atoms with E-state index in [4.69, 9.17) is 0 Å². The van der Waals surface area contributed by atoms with E-state index in [1.165, 1.54) is 18.9 Å². The number of aromatic amines is 1. The van der Waals surface area contributed by atoms with Gasteiger partial charge in [0, 0.05) is 18.7 Å². The second kappa shape index (κ2) is 4.44. The SMILES string of the molecule is Cc1nc(NCC2CCCN2)cc(=O)[nH]1. The molecule has 1 aromatic heterocycles. The maximum atomic E-state index is 11.2. The average Bonchev–Trinajstić information content (AvgIpc) is 2.65. The van der Waals surface area contributed by atoms with E-state index in [9.17, 15) is 4.79 Å². The highest BCUT2D eigenvalue weighted by Gasteiger charge is 2.13. The predicted octanol–water partition coefficient (Wildman–Crippen LogP) is 0.242. The minimum absolute atomic E-state index is 0.107. The van der Waals surface area contributed by atoms with Gasteiger partial charge in [-0.3, -0.25) is 4.79 Å². The molecule has 0 saturated carbocycles. The van der Waals surface area contributed by atoms with Crippen molar-refractivity contribution in [2.45, 2.75) is 25.8 Å². The molecule has 82 valence electrons. The topological polar surface area (TPSA) is 69.8 Å². The molecular weight excluding hydrogens is 192 g/mol. The van der Waals surface area contributed by atoms with Gasteiger partial charge in [0.25, 0.3) is 5.56 Å². The van der Waals surface area contributed by atoms with Crippen LogP contribution >= 0.6 is 0 Å². The zero-order valence-electron chi connectivity index (χ0n) is 8.84. The van der Waals surface area contributed by atoms with Crippen LogP contribution in [0, 0.1) is 6.92 Å². The Morgan fingerprint density at radius 3 is 3.20 bits per heavy atom. The summed E-state index contributed by atoms with van der Waals surface area (Å²) in [6, 6.07) is 1.99. The highest BCUT2D eigenvalue weighted by atomic mass is 16.1. The third-order valence-corrected chi connectivity index (χ3v) is 2.55. The minimum atomic E-state index is -0.107. The highest BCUT2D eigenvalue weighted by Crippen LogP contribution is 2.06. The van der Waals surface area contributed by atoms with E-state index in [0.717, 1.165) is 13.1 Å². The number of nitrogens with one attached hydrogen (secondary N) is 3. The van der Waals surface area contributed by atoms with Crippen LogP contribution in [0.3, 0.4) is 0 Å². The maximum Gasteiger partial charge on any atom is 0.252 e. The van der Waals surface area contributed by atoms with Gasteiger partial charge in [-0.05, 0) is 26.3 Å². The first-order valence-corrected chi connectivity index (χ1v) is 5.29. The number of anilines is 1. The predicted molar refractivity (Wildman–Crippen MR) is 59.1 cm³/mol. The number of H-pyrrole nitrogens is 1. The Bertz CT molecular complexity index is 381. The molecule has 0 aromatic carbocycles. The first-order valence-electron chi connectivity index (χ1n) is 5.29. The molecule has 5 heteroatoms. The van der Waals surface area contributed by atoms with E-state index < -0.39 is 0 Å². The van der Waals surface area contributed by atoms with E-state index in [0.29, 0.717) is 17.7 Å². The van der Waals surface area contributed by atoms with Crippen molar-refractivity contribution in [3.63, 3.8) is 0 Å². The van der Waals surface area contributed by atoms with Crippen LogP contribution in [0.5, 0.6) is 0 Å². The number of aryl methyl sites for hydroxylation is 1. The second-order valence-electron chi connectivity index (χ2n) is 3.89. The van der Waals surface area contributed by atoms with Crippen LogP contribution in [0.25, 0.3) is 0 Å². The van der Waals surface area contributed by atoms with Crippen LogP contribution in [0.1, 0.15) is 18.7 Å². The molecule has 0 aliphatic carbocycles. The van der Waals surface area contributed by atoms with Gasteiger partial charge in [-0.15, -0.1) is 0 Å². The normalized spacial score (nSPS) is 20.5. The van der Waals surface area contributed by atoms with E-state index in [1.807, 2.05) is 0 Å². The fraction of sp³-hybridized carbons (Fsp3) is 0.600. The highest BCUT2D eigenvalue weighted by molar-refractivity contribution is 5.33. The molecule has 0 radical (unpaired) electrons. The Labute approximate surface area is 88.3 Å². The summed E-state index contributed by atoms with van der Waals surface area (Å²) in [4.78, 5) is 18.0. The molecule has 0 amide bonds. The number of hydrogen-bond acceptors (Lipinski definition) is 4. The van der Waals surface area contributed by atoms with E-state index >= 15 is 0 Å². The molecule has 2 heterocycles. The number of aromatic nitrogens is 2. The fourth-order valence-corrected chi connectivity index (χ4v) is 1.83. The second-order valence-corrected chi connectivity index (χ2v) is 3.89. The Morgan fingerprint density at radius 1 is 1.67 bits per heavy atom. The minimum Gasteiger partial charge on any atom is -0.368 e. The van der Waals surface area contributed by atoms with E-state index in [-0.39, 0.29) is 5.56 Å². The van der Waals surface area contributed by atoms with E-state index in [1.54, 1.807) is 6.92 Å². The van der Waals surface area contributed by atoms with Crippen molar-refractivity contribution < 1.29 is 0 Å². The number of nitrogens with zero attached hydrogens (tertiary/aromatic N) is 1. The van der Waals surface area contributed by atoms with Gasteiger partial charge in [-0.1, -0.05) is 0 Å². The molecule has 1 aliphatic heterocycles. The van der Waals surface area contributed by atoms with Crippen LogP contribution in [0.4, 0.5) is 5.82 Å². The largest absolute Gasteiger partial charge is 0.368 e. The molecule has 15 heavy (non-hydrogen) atoms. The maximum absolute atomic E-state index is 11.2. The Kier molecular flexibility index (Phi) is 3.01. The van der Waals surface area contributed by atoms with Gasteiger partial charge in [0.1, 0.15) is 11.6 Å². The van der Waals surface area contributed by atoms with Crippen molar-refractivity contribution in [1.29, 1.82) is 0 Å². The van der Waals surface area contributed by atoms with Gasteiger partial charge < -0.3 is 15.6 Å². The molecule has 3 N–H and O–H groups in total. The Balaban J connectivity index is 1.95. The molecule has 1 aromatic rings. The molecule has 0 spiro atoms. The van der Waals surface area contributed by atoms with Crippen LogP contribution in [-0.2, 0) is 0 Å². The molecule has 2 rings (SSSR count). The Hall–Kier alpha value is -1.36. The standard InChI is InChI=1S/C10H16N4O/c1-7-13-9(5-10(15)14-7)12-6-8-3-2-4-11-8/h5,8,11H,2-4,6H2,1H3,(H2,12,13,14,15). The molecule has 1 fully saturated rings. The average molecular weight is 208 g/mol. The van der Waals surface area contributed by atoms with Gasteiger partial charge in [-0.2, -0.15) is 0 Å².